The first-order valence-electron chi connectivity index (χ1n) is 6.71. The van der Waals surface area contributed by atoms with Crippen molar-refractivity contribution in [3.05, 3.63) is 47.6 Å². The van der Waals surface area contributed by atoms with E-state index in [2.05, 4.69) is 4.98 Å². The second kappa shape index (κ2) is 5.84. The largest absolute Gasteiger partial charge is 0.391 e. The topological polar surface area (TPSA) is 70.5 Å². The van der Waals surface area contributed by atoms with Gasteiger partial charge in [0, 0.05) is 18.9 Å². The van der Waals surface area contributed by atoms with Gasteiger partial charge in [-0.1, -0.05) is 6.07 Å². The Hall–Kier alpha value is -1.28. The zero-order valence-corrected chi connectivity index (χ0v) is 12.9. The molecule has 3 heterocycles. The molecule has 1 fully saturated rings. The first-order chi connectivity index (χ1) is 10.1. The molecule has 0 amide bonds. The Morgan fingerprint density at radius 3 is 2.76 bits per heavy atom. The SMILES string of the molecule is O=S(=O)(c1cccs1)N1CC[C@@H](O)[C@H]1Cc1ccncc1. The molecule has 0 radical (unpaired) electrons. The van der Waals surface area contributed by atoms with Crippen LogP contribution in [0.5, 0.6) is 0 Å². The van der Waals surface area contributed by atoms with Gasteiger partial charge in [0.25, 0.3) is 10.0 Å². The van der Waals surface area contributed by atoms with Crippen LogP contribution in [0.3, 0.4) is 0 Å². The fourth-order valence-electron chi connectivity index (χ4n) is 2.63. The highest BCUT2D eigenvalue weighted by Crippen LogP contribution is 2.30. The average Bonchev–Trinajstić information content (AvgIpc) is 3.12. The summed E-state index contributed by atoms with van der Waals surface area (Å²) in [7, 11) is -3.52. The van der Waals surface area contributed by atoms with Gasteiger partial charge in [0.15, 0.2) is 0 Å². The lowest BCUT2D eigenvalue weighted by molar-refractivity contribution is 0.142. The van der Waals surface area contributed by atoms with E-state index in [0.717, 1.165) is 5.56 Å². The summed E-state index contributed by atoms with van der Waals surface area (Å²) in [5.74, 6) is 0. The van der Waals surface area contributed by atoms with E-state index < -0.39 is 22.2 Å². The molecule has 5 nitrogen and oxygen atoms in total. The molecule has 2 atom stereocenters. The molecule has 2 aromatic rings. The van der Waals surface area contributed by atoms with Gasteiger partial charge in [-0.15, -0.1) is 11.3 Å². The predicted molar refractivity (Wildman–Crippen MR) is 80.6 cm³/mol. The van der Waals surface area contributed by atoms with E-state index in [1.807, 2.05) is 12.1 Å². The number of thiophene rings is 1. The van der Waals surface area contributed by atoms with Crippen molar-refractivity contribution in [3.8, 4) is 0 Å². The highest BCUT2D eigenvalue weighted by atomic mass is 32.2. The normalized spacial score (nSPS) is 23.5. The van der Waals surface area contributed by atoms with E-state index in [9.17, 15) is 13.5 Å². The van der Waals surface area contributed by atoms with Crippen LogP contribution < -0.4 is 0 Å². The first-order valence-corrected chi connectivity index (χ1v) is 9.03. The zero-order chi connectivity index (χ0) is 14.9. The molecule has 1 aliphatic rings. The average molecular weight is 324 g/mol. The molecule has 7 heteroatoms. The van der Waals surface area contributed by atoms with Crippen LogP contribution in [0.1, 0.15) is 12.0 Å². The first kappa shape index (κ1) is 14.6. The summed E-state index contributed by atoms with van der Waals surface area (Å²) in [6.45, 7) is 0.358. The molecule has 0 spiro atoms. The van der Waals surface area contributed by atoms with E-state index in [-0.39, 0.29) is 0 Å². The van der Waals surface area contributed by atoms with Crippen molar-refractivity contribution in [2.24, 2.45) is 0 Å². The third-order valence-corrected chi connectivity index (χ3v) is 7.01. The number of rotatable bonds is 4. The fourth-order valence-corrected chi connectivity index (χ4v) is 5.42. The van der Waals surface area contributed by atoms with Crippen LogP contribution >= 0.6 is 11.3 Å². The van der Waals surface area contributed by atoms with Crippen LogP contribution in [0, 0.1) is 0 Å². The fraction of sp³-hybridized carbons (Fsp3) is 0.357. The second-order valence-corrected chi connectivity index (χ2v) is 8.10. The van der Waals surface area contributed by atoms with Crippen LogP contribution in [0.4, 0.5) is 0 Å². The highest BCUT2D eigenvalue weighted by Gasteiger charge is 2.41. The Balaban J connectivity index is 1.88. The van der Waals surface area contributed by atoms with Crippen molar-refractivity contribution in [3.63, 3.8) is 0 Å². The number of nitrogens with zero attached hydrogens (tertiary/aromatic N) is 2. The van der Waals surface area contributed by atoms with Crippen LogP contribution in [0.15, 0.2) is 46.2 Å². The van der Waals surface area contributed by atoms with Crippen molar-refractivity contribution in [2.45, 2.75) is 29.2 Å². The lowest BCUT2D eigenvalue weighted by Crippen LogP contribution is -2.40. The molecule has 0 saturated carbocycles. The summed E-state index contributed by atoms with van der Waals surface area (Å²) >= 11 is 1.21. The van der Waals surface area contributed by atoms with Crippen molar-refractivity contribution in [2.75, 3.05) is 6.54 Å². The Labute approximate surface area is 127 Å². The lowest BCUT2D eigenvalue weighted by Gasteiger charge is -2.25. The molecule has 2 aromatic heterocycles. The quantitative estimate of drug-likeness (QED) is 0.925. The molecular formula is C14H16N2O3S2. The number of sulfonamides is 1. The van der Waals surface area contributed by atoms with E-state index in [1.165, 1.54) is 15.6 Å². The lowest BCUT2D eigenvalue weighted by atomic mass is 10.0. The summed E-state index contributed by atoms with van der Waals surface area (Å²) in [5.41, 5.74) is 0.974. The maximum Gasteiger partial charge on any atom is 0.252 e. The van der Waals surface area contributed by atoms with Crippen molar-refractivity contribution in [1.29, 1.82) is 0 Å². The molecular weight excluding hydrogens is 308 g/mol. The van der Waals surface area contributed by atoms with Gasteiger partial charge in [-0.2, -0.15) is 4.31 Å². The smallest absolute Gasteiger partial charge is 0.252 e. The van der Waals surface area contributed by atoms with Crippen molar-refractivity contribution < 1.29 is 13.5 Å². The number of aromatic nitrogens is 1. The Bertz CT molecular complexity index is 686. The second-order valence-electron chi connectivity index (χ2n) is 5.03. The molecule has 1 N–H and O–H groups in total. The number of hydrogen-bond donors (Lipinski definition) is 1. The Kier molecular flexibility index (Phi) is 4.08. The number of hydrogen-bond acceptors (Lipinski definition) is 5. The molecule has 1 aliphatic heterocycles. The molecule has 3 rings (SSSR count). The van der Waals surface area contributed by atoms with Gasteiger partial charge in [0.2, 0.25) is 0 Å². The Morgan fingerprint density at radius 1 is 1.33 bits per heavy atom. The number of pyridine rings is 1. The number of aliphatic hydroxyl groups is 1. The van der Waals surface area contributed by atoms with Crippen LogP contribution in [-0.4, -0.2) is 41.5 Å². The van der Waals surface area contributed by atoms with Crippen molar-refractivity contribution >= 4 is 21.4 Å². The monoisotopic (exact) mass is 324 g/mol. The molecule has 0 bridgehead atoms. The van der Waals surface area contributed by atoms with Gasteiger partial charge in [-0.3, -0.25) is 4.98 Å². The molecule has 1 saturated heterocycles. The van der Waals surface area contributed by atoms with E-state index in [1.54, 1.807) is 29.9 Å². The van der Waals surface area contributed by atoms with Gasteiger partial charge in [-0.25, -0.2) is 8.42 Å². The zero-order valence-electron chi connectivity index (χ0n) is 11.3. The van der Waals surface area contributed by atoms with Gasteiger partial charge >= 0.3 is 0 Å². The molecule has 0 aromatic carbocycles. The van der Waals surface area contributed by atoms with Crippen LogP contribution in [-0.2, 0) is 16.4 Å². The van der Waals surface area contributed by atoms with Crippen LogP contribution in [0.2, 0.25) is 0 Å². The summed E-state index contributed by atoms with van der Waals surface area (Å²) in [6.07, 6.45) is 3.69. The minimum absolute atomic E-state index is 0.330. The minimum Gasteiger partial charge on any atom is -0.391 e. The summed E-state index contributed by atoms with van der Waals surface area (Å²) in [4.78, 5) is 3.95. The predicted octanol–water partition coefficient (Wildman–Crippen LogP) is 1.51. The highest BCUT2D eigenvalue weighted by molar-refractivity contribution is 7.91. The standard InChI is InChI=1S/C14H16N2O3S2/c17-13-5-8-16(21(18,19)14-2-1-9-20-14)12(13)10-11-3-6-15-7-4-11/h1-4,6-7,9,12-13,17H,5,8,10H2/t12-,13-/m1/s1. The summed E-state index contributed by atoms with van der Waals surface area (Å²) < 4.78 is 27.1. The Morgan fingerprint density at radius 2 is 2.10 bits per heavy atom. The molecule has 21 heavy (non-hydrogen) atoms. The van der Waals surface area contributed by atoms with E-state index in [4.69, 9.17) is 0 Å². The molecule has 0 aliphatic carbocycles. The van der Waals surface area contributed by atoms with Crippen molar-refractivity contribution in [1.82, 2.24) is 9.29 Å². The third kappa shape index (κ3) is 2.87. The number of aliphatic hydroxyl groups excluding tert-OH is 1. The summed E-state index contributed by atoms with van der Waals surface area (Å²) in [5, 5.41) is 11.9. The van der Waals surface area contributed by atoms with Crippen LogP contribution in [0.25, 0.3) is 0 Å². The maximum atomic E-state index is 12.7. The van der Waals surface area contributed by atoms with Gasteiger partial charge in [0.05, 0.1) is 12.1 Å². The minimum atomic E-state index is -3.52. The van der Waals surface area contributed by atoms with E-state index in [0.29, 0.717) is 23.6 Å². The molecule has 112 valence electrons. The summed E-state index contributed by atoms with van der Waals surface area (Å²) in [6, 6.07) is 6.61. The van der Waals surface area contributed by atoms with Gasteiger partial charge in [0.1, 0.15) is 4.21 Å². The third-order valence-electron chi connectivity index (χ3n) is 3.71. The maximum absolute atomic E-state index is 12.7. The van der Waals surface area contributed by atoms with Gasteiger partial charge < -0.3 is 5.11 Å². The van der Waals surface area contributed by atoms with Gasteiger partial charge in [-0.05, 0) is 42.0 Å². The molecule has 0 unspecified atom stereocenters. The van der Waals surface area contributed by atoms with E-state index >= 15 is 0 Å².